The molecule has 2 atom stereocenters. The molecule has 0 aromatic heterocycles. The lowest BCUT2D eigenvalue weighted by molar-refractivity contribution is -0.118. The van der Waals surface area contributed by atoms with Gasteiger partial charge in [-0.3, -0.25) is 9.59 Å². The van der Waals surface area contributed by atoms with Crippen LogP contribution in [0.4, 0.5) is 10.1 Å². The number of benzene rings is 3. The van der Waals surface area contributed by atoms with Crippen molar-refractivity contribution in [3.05, 3.63) is 95.8 Å². The fourth-order valence-electron chi connectivity index (χ4n) is 3.50. The Balaban J connectivity index is 1.79. The van der Waals surface area contributed by atoms with Crippen molar-refractivity contribution in [1.82, 2.24) is 5.32 Å². The van der Waals surface area contributed by atoms with Crippen LogP contribution < -0.4 is 10.6 Å². The van der Waals surface area contributed by atoms with Crippen LogP contribution in [-0.2, 0) is 20.9 Å². The van der Waals surface area contributed by atoms with Gasteiger partial charge in [0.05, 0.1) is 15.3 Å². The standard InChI is InChI=1S/C27H30FN3O3S/c1-27(2,3)31-35(4,34)23-16-14-22(15-17-23)29-26(33)24(18-19-8-6-5-7-9-19)30-25(32)20-10-12-21(28)13-11-20/h5-17,24H,18H2,1-4H3,(H,29,33)(H,30,32). The molecule has 0 aliphatic heterocycles. The number of carbonyl (C=O) groups is 2. The summed E-state index contributed by atoms with van der Waals surface area (Å²) >= 11 is 0. The summed E-state index contributed by atoms with van der Waals surface area (Å²) in [6, 6.07) is 20.3. The molecule has 0 heterocycles. The van der Waals surface area contributed by atoms with Crippen LogP contribution in [0, 0.1) is 5.82 Å². The Hall–Kier alpha value is -3.52. The van der Waals surface area contributed by atoms with E-state index >= 15 is 0 Å². The lowest BCUT2D eigenvalue weighted by atomic mass is 10.0. The molecule has 0 aliphatic carbocycles. The number of hydrogen-bond donors (Lipinski definition) is 2. The largest absolute Gasteiger partial charge is 0.340 e. The Morgan fingerprint density at radius 1 is 0.943 bits per heavy atom. The second kappa shape index (κ2) is 10.8. The Kier molecular flexibility index (Phi) is 8.07. The lowest BCUT2D eigenvalue weighted by Gasteiger charge is -2.19. The molecule has 0 saturated carbocycles. The Bertz CT molecular complexity index is 1290. The van der Waals surface area contributed by atoms with Crippen LogP contribution in [0.25, 0.3) is 0 Å². The highest BCUT2D eigenvalue weighted by Crippen LogP contribution is 2.20. The topological polar surface area (TPSA) is 87.6 Å². The third-order valence-corrected chi connectivity index (χ3v) is 7.06. The van der Waals surface area contributed by atoms with Gasteiger partial charge in [-0.2, -0.15) is 0 Å². The second-order valence-electron chi connectivity index (χ2n) is 9.30. The van der Waals surface area contributed by atoms with E-state index in [0.717, 1.165) is 5.56 Å². The molecule has 0 spiro atoms. The number of anilines is 1. The van der Waals surface area contributed by atoms with Crippen LogP contribution in [0.3, 0.4) is 0 Å². The highest BCUT2D eigenvalue weighted by molar-refractivity contribution is 7.93. The van der Waals surface area contributed by atoms with Gasteiger partial charge in [0.2, 0.25) is 5.91 Å². The van der Waals surface area contributed by atoms with E-state index in [2.05, 4.69) is 15.0 Å². The van der Waals surface area contributed by atoms with Crippen molar-refractivity contribution in [2.45, 2.75) is 43.7 Å². The van der Waals surface area contributed by atoms with Crippen molar-refractivity contribution < 1.29 is 18.2 Å². The zero-order valence-corrected chi connectivity index (χ0v) is 21.1. The van der Waals surface area contributed by atoms with Gasteiger partial charge in [-0.05, 0) is 74.9 Å². The fraction of sp³-hybridized carbons (Fsp3) is 0.259. The third kappa shape index (κ3) is 7.75. The van der Waals surface area contributed by atoms with Gasteiger partial charge in [-0.15, -0.1) is 0 Å². The number of carbonyl (C=O) groups excluding carboxylic acids is 2. The summed E-state index contributed by atoms with van der Waals surface area (Å²) in [6.45, 7) is 5.66. The predicted molar refractivity (Wildman–Crippen MR) is 137 cm³/mol. The summed E-state index contributed by atoms with van der Waals surface area (Å²) in [7, 11) is -2.59. The maximum atomic E-state index is 13.2. The van der Waals surface area contributed by atoms with E-state index in [1.54, 1.807) is 30.5 Å². The molecule has 3 aromatic rings. The molecule has 2 unspecified atom stereocenters. The first kappa shape index (κ1) is 26.1. The molecule has 35 heavy (non-hydrogen) atoms. The molecule has 0 bridgehead atoms. The SMILES string of the molecule is CC(C)(C)N=S(C)(=O)c1ccc(NC(=O)C(Cc2ccccc2)NC(=O)c2ccc(F)cc2)cc1. The number of nitrogens with zero attached hydrogens (tertiary/aromatic N) is 1. The van der Waals surface area contributed by atoms with E-state index in [4.69, 9.17) is 0 Å². The Morgan fingerprint density at radius 2 is 1.54 bits per heavy atom. The summed E-state index contributed by atoms with van der Waals surface area (Å²) < 4.78 is 30.6. The zero-order chi connectivity index (χ0) is 25.6. The molecule has 0 aliphatic rings. The van der Waals surface area contributed by atoms with Crippen molar-refractivity contribution in [1.29, 1.82) is 0 Å². The van der Waals surface area contributed by atoms with E-state index in [1.807, 2.05) is 51.1 Å². The number of rotatable bonds is 7. The van der Waals surface area contributed by atoms with Gasteiger partial charge in [-0.25, -0.2) is 13.0 Å². The maximum Gasteiger partial charge on any atom is 0.251 e. The van der Waals surface area contributed by atoms with Crippen LogP contribution in [0.1, 0.15) is 36.7 Å². The second-order valence-corrected chi connectivity index (χ2v) is 11.6. The molecule has 0 fully saturated rings. The van der Waals surface area contributed by atoms with Crippen LogP contribution in [0.15, 0.2) is 88.1 Å². The average molecular weight is 496 g/mol. The van der Waals surface area contributed by atoms with Crippen LogP contribution >= 0.6 is 0 Å². The van der Waals surface area contributed by atoms with E-state index in [-0.39, 0.29) is 12.0 Å². The highest BCUT2D eigenvalue weighted by Gasteiger charge is 2.22. The van der Waals surface area contributed by atoms with Crippen LogP contribution in [0.5, 0.6) is 0 Å². The van der Waals surface area contributed by atoms with E-state index in [1.165, 1.54) is 24.3 Å². The van der Waals surface area contributed by atoms with Crippen LogP contribution in [-0.4, -0.2) is 33.9 Å². The van der Waals surface area contributed by atoms with Crippen molar-refractivity contribution in [3.8, 4) is 0 Å². The highest BCUT2D eigenvalue weighted by atomic mass is 32.2. The minimum Gasteiger partial charge on any atom is -0.340 e. The maximum absolute atomic E-state index is 13.2. The summed E-state index contributed by atoms with van der Waals surface area (Å²) in [6.07, 6.45) is 1.86. The fourth-order valence-corrected chi connectivity index (χ4v) is 5.29. The normalized spacial score (nSPS) is 13.9. The first-order valence-corrected chi connectivity index (χ1v) is 13.1. The number of nitrogens with one attached hydrogen (secondary N) is 2. The molecule has 8 heteroatoms. The van der Waals surface area contributed by atoms with Crippen LogP contribution in [0.2, 0.25) is 0 Å². The van der Waals surface area contributed by atoms with Gasteiger partial charge in [0, 0.05) is 28.8 Å². The number of halogens is 1. The molecule has 6 nitrogen and oxygen atoms in total. The van der Waals surface area contributed by atoms with Crippen molar-refractivity contribution in [2.75, 3.05) is 11.6 Å². The summed E-state index contributed by atoms with van der Waals surface area (Å²) in [5.41, 5.74) is 1.17. The van der Waals surface area contributed by atoms with E-state index in [9.17, 15) is 18.2 Å². The predicted octanol–water partition coefficient (Wildman–Crippen LogP) is 5.06. The molecular formula is C27H30FN3O3S. The minimum atomic E-state index is -2.59. The van der Waals surface area contributed by atoms with E-state index < -0.39 is 38.9 Å². The Morgan fingerprint density at radius 3 is 2.11 bits per heavy atom. The summed E-state index contributed by atoms with van der Waals surface area (Å²) in [4.78, 5) is 26.4. The molecule has 0 saturated heterocycles. The first-order chi connectivity index (χ1) is 16.4. The smallest absolute Gasteiger partial charge is 0.251 e. The summed E-state index contributed by atoms with van der Waals surface area (Å²) in [5.74, 6) is -1.34. The van der Waals surface area contributed by atoms with Gasteiger partial charge in [0.25, 0.3) is 5.91 Å². The quantitative estimate of drug-likeness (QED) is 0.480. The van der Waals surface area contributed by atoms with E-state index in [0.29, 0.717) is 10.6 Å². The number of amides is 2. The average Bonchev–Trinajstić information content (AvgIpc) is 2.78. The minimum absolute atomic E-state index is 0.252. The van der Waals surface area contributed by atoms with Gasteiger partial charge in [0.15, 0.2) is 0 Å². The van der Waals surface area contributed by atoms with Crippen molar-refractivity contribution in [2.24, 2.45) is 4.36 Å². The number of hydrogen-bond acceptors (Lipinski definition) is 4. The van der Waals surface area contributed by atoms with Crippen molar-refractivity contribution in [3.63, 3.8) is 0 Å². The first-order valence-electron chi connectivity index (χ1n) is 11.2. The summed E-state index contributed by atoms with van der Waals surface area (Å²) in [5, 5.41) is 5.57. The lowest BCUT2D eigenvalue weighted by Crippen LogP contribution is -2.45. The molecule has 3 rings (SSSR count). The van der Waals surface area contributed by atoms with Gasteiger partial charge in [0.1, 0.15) is 11.9 Å². The Labute approximate surface area is 206 Å². The van der Waals surface area contributed by atoms with Gasteiger partial charge >= 0.3 is 0 Å². The zero-order valence-electron chi connectivity index (χ0n) is 20.2. The molecular weight excluding hydrogens is 465 g/mol. The molecule has 2 amide bonds. The monoisotopic (exact) mass is 495 g/mol. The third-order valence-electron chi connectivity index (χ3n) is 5.02. The molecule has 184 valence electrons. The molecule has 0 radical (unpaired) electrons. The molecule has 2 N–H and O–H groups in total. The van der Waals surface area contributed by atoms with Gasteiger partial charge < -0.3 is 10.6 Å². The van der Waals surface area contributed by atoms with Crippen molar-refractivity contribution >= 4 is 27.2 Å². The molecule has 3 aromatic carbocycles. The van der Waals surface area contributed by atoms with Gasteiger partial charge in [-0.1, -0.05) is 30.3 Å².